The second-order valence-corrected chi connectivity index (χ2v) is 6.91. The first-order chi connectivity index (χ1) is 13.6. The van der Waals surface area contributed by atoms with Crippen molar-refractivity contribution in [3.05, 3.63) is 42.0 Å². The van der Waals surface area contributed by atoms with Crippen LogP contribution < -0.4 is 4.90 Å². The summed E-state index contributed by atoms with van der Waals surface area (Å²) < 4.78 is 27.0. The van der Waals surface area contributed by atoms with Crippen molar-refractivity contribution in [1.82, 2.24) is 14.9 Å². The molecule has 0 spiro atoms. The van der Waals surface area contributed by atoms with Crippen molar-refractivity contribution in [2.45, 2.75) is 12.8 Å². The second kappa shape index (κ2) is 8.15. The predicted octanol–water partition coefficient (Wildman–Crippen LogP) is 1.62. The highest BCUT2D eigenvalue weighted by molar-refractivity contribution is 5.98. The Morgan fingerprint density at radius 3 is 2.64 bits per heavy atom. The number of anilines is 1. The van der Waals surface area contributed by atoms with E-state index in [2.05, 4.69) is 15.1 Å². The molecule has 0 bridgehead atoms. The van der Waals surface area contributed by atoms with E-state index >= 15 is 0 Å². The Labute approximate surface area is 161 Å². The molecule has 2 aliphatic heterocycles. The van der Waals surface area contributed by atoms with Gasteiger partial charge in [-0.05, 0) is 0 Å². The Bertz CT molecular complexity index is 848. The topological polar surface area (TPSA) is 74.1 Å². The lowest BCUT2D eigenvalue weighted by Crippen LogP contribution is -2.49. The minimum atomic E-state index is -0.701. The molecule has 1 aromatic heterocycles. The molecule has 7 nitrogen and oxygen atoms in total. The van der Waals surface area contributed by atoms with E-state index in [-0.39, 0.29) is 12.2 Å². The van der Waals surface area contributed by atoms with E-state index in [1.807, 2.05) is 9.80 Å². The molecule has 1 N–H and O–H groups in total. The summed E-state index contributed by atoms with van der Waals surface area (Å²) in [6, 6.07) is 4.86. The number of aliphatic hydroxyl groups is 1. The van der Waals surface area contributed by atoms with E-state index in [4.69, 9.17) is 4.84 Å². The van der Waals surface area contributed by atoms with Crippen LogP contribution >= 0.6 is 0 Å². The quantitative estimate of drug-likeness (QED) is 0.573. The molecule has 0 amide bonds. The fraction of sp³-hybridized carbons (Fsp3) is 0.421. The number of hydrogen-bond acceptors (Lipinski definition) is 7. The van der Waals surface area contributed by atoms with Gasteiger partial charge >= 0.3 is 0 Å². The van der Waals surface area contributed by atoms with Crippen LogP contribution in [0.5, 0.6) is 0 Å². The van der Waals surface area contributed by atoms with Gasteiger partial charge in [0.25, 0.3) is 0 Å². The Hall–Kier alpha value is -2.65. The lowest BCUT2D eigenvalue weighted by Gasteiger charge is -2.34. The number of rotatable bonds is 7. The summed E-state index contributed by atoms with van der Waals surface area (Å²) in [7, 11) is 0. The third-order valence-corrected chi connectivity index (χ3v) is 4.83. The van der Waals surface area contributed by atoms with E-state index in [0.29, 0.717) is 56.4 Å². The summed E-state index contributed by atoms with van der Waals surface area (Å²) in [4.78, 5) is 17.8. The maximum Gasteiger partial charge on any atom is 0.225 e. The van der Waals surface area contributed by atoms with Crippen LogP contribution in [0.25, 0.3) is 11.1 Å². The molecule has 9 heteroatoms. The summed E-state index contributed by atoms with van der Waals surface area (Å²) in [5.74, 6) is 0.0770. The predicted molar refractivity (Wildman–Crippen MR) is 100 cm³/mol. The van der Waals surface area contributed by atoms with E-state index in [1.54, 1.807) is 30.6 Å². The monoisotopic (exact) mass is 389 g/mol. The summed E-state index contributed by atoms with van der Waals surface area (Å²) in [5.41, 5.74) is 2.04. The maximum atomic E-state index is 14.3. The normalized spacial score (nSPS) is 17.2. The molecule has 0 aliphatic carbocycles. The molecule has 1 aromatic carbocycles. The molecule has 4 rings (SSSR count). The van der Waals surface area contributed by atoms with Crippen molar-refractivity contribution < 1.29 is 18.7 Å². The maximum absolute atomic E-state index is 14.3. The largest absolute Gasteiger partial charge is 0.394 e. The van der Waals surface area contributed by atoms with Crippen molar-refractivity contribution >= 4 is 11.7 Å². The van der Waals surface area contributed by atoms with Crippen LogP contribution in [-0.4, -0.2) is 71.2 Å². The van der Waals surface area contributed by atoms with Crippen LogP contribution in [-0.2, 0) is 11.4 Å². The summed E-state index contributed by atoms with van der Waals surface area (Å²) >= 11 is 0. The van der Waals surface area contributed by atoms with Gasteiger partial charge in [0, 0.05) is 48.7 Å². The van der Waals surface area contributed by atoms with Crippen LogP contribution in [0.3, 0.4) is 0 Å². The van der Waals surface area contributed by atoms with E-state index in [9.17, 15) is 13.9 Å². The molecule has 0 radical (unpaired) electrons. The molecule has 0 saturated carbocycles. The molecule has 0 unspecified atom stereocenters. The minimum absolute atomic E-state index is 0.240. The first-order valence-corrected chi connectivity index (χ1v) is 9.14. The average molecular weight is 389 g/mol. The van der Waals surface area contributed by atoms with Crippen LogP contribution in [0, 0.1) is 5.82 Å². The second-order valence-electron chi connectivity index (χ2n) is 6.91. The smallest absolute Gasteiger partial charge is 0.225 e. The third kappa shape index (κ3) is 3.95. The number of oxime groups is 1. The van der Waals surface area contributed by atoms with Gasteiger partial charge in [-0.3, -0.25) is 4.90 Å². The van der Waals surface area contributed by atoms with Gasteiger partial charge in [-0.1, -0.05) is 23.4 Å². The fourth-order valence-corrected chi connectivity index (χ4v) is 3.14. The van der Waals surface area contributed by atoms with Crippen molar-refractivity contribution in [2.24, 2.45) is 5.16 Å². The van der Waals surface area contributed by atoms with Gasteiger partial charge in [0.15, 0.2) is 0 Å². The highest BCUT2D eigenvalue weighted by atomic mass is 19.1. The van der Waals surface area contributed by atoms with Gasteiger partial charge in [-0.2, -0.15) is 0 Å². The molecule has 28 heavy (non-hydrogen) atoms. The van der Waals surface area contributed by atoms with E-state index in [0.717, 1.165) is 5.71 Å². The number of hydrogen-bond donors (Lipinski definition) is 1. The third-order valence-electron chi connectivity index (χ3n) is 4.83. The van der Waals surface area contributed by atoms with Crippen LogP contribution in [0.4, 0.5) is 14.7 Å². The summed E-state index contributed by atoms with van der Waals surface area (Å²) in [6.45, 7) is 2.88. The summed E-state index contributed by atoms with van der Waals surface area (Å²) in [5, 5.41) is 13.3. The molecule has 2 saturated heterocycles. The average Bonchev–Trinajstić information content (AvgIpc) is 2.65. The number of aromatic nitrogens is 2. The number of halogens is 2. The van der Waals surface area contributed by atoms with Gasteiger partial charge < -0.3 is 14.8 Å². The minimum Gasteiger partial charge on any atom is -0.394 e. The van der Waals surface area contributed by atoms with Crippen molar-refractivity contribution in [3.63, 3.8) is 0 Å². The number of nitrogens with zero attached hydrogens (tertiary/aromatic N) is 5. The van der Waals surface area contributed by atoms with Crippen molar-refractivity contribution in [1.29, 1.82) is 0 Å². The Kier molecular flexibility index (Phi) is 5.45. The number of benzene rings is 1. The molecular weight excluding hydrogens is 368 g/mol. The lowest BCUT2D eigenvalue weighted by atomic mass is 10.1. The van der Waals surface area contributed by atoms with Crippen molar-refractivity contribution in [3.8, 4) is 11.1 Å². The highest BCUT2D eigenvalue weighted by Crippen LogP contribution is 2.25. The van der Waals surface area contributed by atoms with E-state index < -0.39 is 12.0 Å². The summed E-state index contributed by atoms with van der Waals surface area (Å²) in [6.07, 6.45) is 2.44. The van der Waals surface area contributed by atoms with Gasteiger partial charge in [0.2, 0.25) is 5.95 Å². The van der Waals surface area contributed by atoms with Crippen LogP contribution in [0.2, 0.25) is 0 Å². The Balaban J connectivity index is 1.28. The Morgan fingerprint density at radius 2 is 1.96 bits per heavy atom. The first kappa shape index (κ1) is 18.7. The van der Waals surface area contributed by atoms with Gasteiger partial charge in [-0.15, -0.1) is 0 Å². The molecular formula is C19H21F2N5O2. The first-order valence-electron chi connectivity index (χ1n) is 9.14. The standard InChI is InChI=1S/C19H21F2N5O2/c20-15-8-25(9-15)4-5-28-24-16-10-26(11-16)19-22-6-14(7-23-19)17-3-1-2-13(12-27)18(17)21/h1-3,6-7,15,27H,4-5,8-12H2. The zero-order valence-corrected chi connectivity index (χ0v) is 15.3. The lowest BCUT2D eigenvalue weighted by molar-refractivity contribution is 0.0319. The number of aliphatic hydroxyl groups excluding tert-OH is 1. The van der Waals surface area contributed by atoms with Crippen LogP contribution in [0.1, 0.15) is 5.56 Å². The molecule has 0 atom stereocenters. The molecule has 148 valence electrons. The number of alkyl halides is 1. The highest BCUT2D eigenvalue weighted by Gasteiger charge is 2.26. The van der Waals surface area contributed by atoms with Crippen LogP contribution in [0.15, 0.2) is 35.7 Å². The Morgan fingerprint density at radius 1 is 1.21 bits per heavy atom. The molecule has 2 fully saturated rings. The van der Waals surface area contributed by atoms with Gasteiger partial charge in [0.1, 0.15) is 18.6 Å². The molecule has 2 aromatic rings. The van der Waals surface area contributed by atoms with Gasteiger partial charge in [0.05, 0.1) is 25.4 Å². The molecule has 3 heterocycles. The van der Waals surface area contributed by atoms with Crippen molar-refractivity contribution in [2.75, 3.05) is 44.2 Å². The SMILES string of the molecule is OCc1cccc(-c2cnc(N3CC(=NOCCN4CC(F)C4)C3)nc2)c1F. The zero-order chi connectivity index (χ0) is 19.5. The molecule has 2 aliphatic rings. The fourth-order valence-electron chi connectivity index (χ4n) is 3.14. The van der Waals surface area contributed by atoms with E-state index in [1.165, 1.54) is 0 Å². The number of likely N-dealkylation sites (tertiary alicyclic amines) is 1. The van der Waals surface area contributed by atoms with Gasteiger partial charge in [-0.25, -0.2) is 18.7 Å². The zero-order valence-electron chi connectivity index (χ0n) is 15.3.